The summed E-state index contributed by atoms with van der Waals surface area (Å²) in [5, 5.41) is 0. The van der Waals surface area contributed by atoms with E-state index in [9.17, 15) is 0 Å². The van der Waals surface area contributed by atoms with Crippen molar-refractivity contribution >= 4 is 11.8 Å². The van der Waals surface area contributed by atoms with Gasteiger partial charge in [0.2, 0.25) is 0 Å². The van der Waals surface area contributed by atoms with Crippen LogP contribution >= 0.6 is 11.8 Å². The van der Waals surface area contributed by atoms with Crippen LogP contribution in [0.1, 0.15) is 39.0 Å². The molecule has 0 saturated heterocycles. The molecule has 3 unspecified atom stereocenters. The molecule has 1 saturated carbocycles. The third kappa shape index (κ3) is 3.97. The molecule has 1 aliphatic carbocycles. The molecule has 0 aromatic heterocycles. The van der Waals surface area contributed by atoms with Crippen molar-refractivity contribution in [3.63, 3.8) is 0 Å². The predicted molar refractivity (Wildman–Crippen MR) is 70.5 cm³/mol. The minimum atomic E-state index is 0.403. The van der Waals surface area contributed by atoms with E-state index in [2.05, 4.69) is 25.1 Å². The second-order valence-electron chi connectivity index (χ2n) is 4.81. The normalized spacial score (nSPS) is 29.4. The number of nitrogens with zero attached hydrogens (tertiary/aromatic N) is 1. The third-order valence-electron chi connectivity index (χ3n) is 3.74. The highest BCUT2D eigenvalue weighted by Gasteiger charge is 2.27. The van der Waals surface area contributed by atoms with Crippen LogP contribution < -0.4 is 5.73 Å². The van der Waals surface area contributed by atoms with Crippen molar-refractivity contribution in [3.05, 3.63) is 0 Å². The van der Waals surface area contributed by atoms with E-state index in [4.69, 9.17) is 5.73 Å². The summed E-state index contributed by atoms with van der Waals surface area (Å²) < 4.78 is 0. The zero-order valence-corrected chi connectivity index (χ0v) is 11.2. The maximum Gasteiger partial charge on any atom is 0.0246 e. The Morgan fingerprint density at radius 2 is 2.07 bits per heavy atom. The summed E-state index contributed by atoms with van der Waals surface area (Å²) in [7, 11) is 2.25. The van der Waals surface area contributed by atoms with E-state index < -0.39 is 0 Å². The molecule has 0 aromatic rings. The van der Waals surface area contributed by atoms with Crippen LogP contribution in [0, 0.1) is 0 Å². The largest absolute Gasteiger partial charge is 0.326 e. The van der Waals surface area contributed by atoms with E-state index in [1.165, 1.54) is 37.9 Å². The Bertz CT molecular complexity index is 175. The molecule has 2 nitrogen and oxygen atoms in total. The monoisotopic (exact) mass is 230 g/mol. The molecule has 1 aliphatic rings. The first-order valence-corrected chi connectivity index (χ1v) is 7.52. The van der Waals surface area contributed by atoms with Crippen molar-refractivity contribution in [2.24, 2.45) is 5.73 Å². The molecular formula is C12H26N2S. The van der Waals surface area contributed by atoms with Gasteiger partial charge in [0.15, 0.2) is 0 Å². The topological polar surface area (TPSA) is 29.3 Å². The highest BCUT2D eigenvalue weighted by atomic mass is 32.2. The Labute approximate surface area is 99.0 Å². The van der Waals surface area contributed by atoms with Gasteiger partial charge in [-0.3, -0.25) is 4.90 Å². The van der Waals surface area contributed by atoms with Crippen molar-refractivity contribution in [3.8, 4) is 0 Å². The Hall–Kier alpha value is 0.270. The quantitative estimate of drug-likeness (QED) is 0.786. The molecular weight excluding hydrogens is 204 g/mol. The van der Waals surface area contributed by atoms with Crippen LogP contribution in [-0.2, 0) is 0 Å². The lowest BCUT2D eigenvalue weighted by atomic mass is 9.89. The van der Waals surface area contributed by atoms with Crippen LogP contribution in [0.2, 0.25) is 0 Å². The number of rotatable bonds is 5. The average Bonchev–Trinajstić information content (AvgIpc) is 2.25. The van der Waals surface area contributed by atoms with Gasteiger partial charge in [0.25, 0.3) is 0 Å². The van der Waals surface area contributed by atoms with E-state index in [-0.39, 0.29) is 0 Å². The van der Waals surface area contributed by atoms with Crippen LogP contribution in [0.3, 0.4) is 0 Å². The maximum absolute atomic E-state index is 6.20. The Morgan fingerprint density at radius 3 is 2.67 bits per heavy atom. The first-order chi connectivity index (χ1) is 7.16. The molecule has 1 rings (SSSR count). The fourth-order valence-corrected chi connectivity index (χ4v) is 3.04. The summed E-state index contributed by atoms with van der Waals surface area (Å²) in [6, 6.07) is 1.70. The van der Waals surface area contributed by atoms with Gasteiger partial charge in [-0.25, -0.2) is 0 Å². The molecule has 3 atom stereocenters. The van der Waals surface area contributed by atoms with Crippen LogP contribution in [0.5, 0.6) is 0 Å². The average molecular weight is 230 g/mol. The van der Waals surface area contributed by atoms with Gasteiger partial charge in [-0.1, -0.05) is 12.8 Å². The molecule has 90 valence electrons. The van der Waals surface area contributed by atoms with Crippen molar-refractivity contribution in [1.82, 2.24) is 4.90 Å². The van der Waals surface area contributed by atoms with E-state index in [1.807, 2.05) is 11.8 Å². The number of hydrogen-bond acceptors (Lipinski definition) is 3. The maximum atomic E-state index is 6.20. The van der Waals surface area contributed by atoms with Crippen LogP contribution in [-0.4, -0.2) is 42.1 Å². The summed E-state index contributed by atoms with van der Waals surface area (Å²) in [6.45, 7) is 2.33. The molecule has 0 amide bonds. The van der Waals surface area contributed by atoms with Gasteiger partial charge in [-0.15, -0.1) is 0 Å². The molecule has 0 bridgehead atoms. The second kappa shape index (κ2) is 6.77. The molecule has 1 fully saturated rings. The molecule has 3 heteroatoms. The minimum absolute atomic E-state index is 0.403. The lowest BCUT2D eigenvalue weighted by Crippen LogP contribution is -2.51. The summed E-state index contributed by atoms with van der Waals surface area (Å²) in [6.07, 6.45) is 8.65. The standard InChI is InChI=1S/C12H26N2S/c1-10(8-9-15-3)14(2)12-7-5-4-6-11(12)13/h10-12H,4-9,13H2,1-3H3. The number of thioether (sulfide) groups is 1. The highest BCUT2D eigenvalue weighted by molar-refractivity contribution is 7.98. The molecule has 2 N–H and O–H groups in total. The highest BCUT2D eigenvalue weighted by Crippen LogP contribution is 2.23. The fourth-order valence-electron chi connectivity index (χ4n) is 2.46. The van der Waals surface area contributed by atoms with Crippen molar-refractivity contribution < 1.29 is 0 Å². The van der Waals surface area contributed by atoms with Gasteiger partial charge in [0.05, 0.1) is 0 Å². The van der Waals surface area contributed by atoms with Crippen molar-refractivity contribution in [2.75, 3.05) is 19.1 Å². The number of hydrogen-bond donors (Lipinski definition) is 1. The Morgan fingerprint density at radius 1 is 1.40 bits per heavy atom. The molecule has 0 radical (unpaired) electrons. The second-order valence-corrected chi connectivity index (χ2v) is 5.80. The van der Waals surface area contributed by atoms with Crippen LogP contribution in [0.4, 0.5) is 0 Å². The SMILES string of the molecule is CSCCC(C)N(C)C1CCCCC1N. The van der Waals surface area contributed by atoms with Gasteiger partial charge in [0, 0.05) is 18.1 Å². The van der Waals surface area contributed by atoms with Gasteiger partial charge in [0.1, 0.15) is 0 Å². The minimum Gasteiger partial charge on any atom is -0.326 e. The van der Waals surface area contributed by atoms with E-state index in [0.29, 0.717) is 18.1 Å². The van der Waals surface area contributed by atoms with Crippen molar-refractivity contribution in [2.45, 2.75) is 57.2 Å². The first-order valence-electron chi connectivity index (χ1n) is 6.13. The molecule has 15 heavy (non-hydrogen) atoms. The Balaban J connectivity index is 2.39. The summed E-state index contributed by atoms with van der Waals surface area (Å²) in [4.78, 5) is 2.51. The Kier molecular flexibility index (Phi) is 6.02. The van der Waals surface area contributed by atoms with Gasteiger partial charge in [-0.2, -0.15) is 11.8 Å². The summed E-state index contributed by atoms with van der Waals surface area (Å²) in [5.74, 6) is 1.26. The van der Waals surface area contributed by atoms with E-state index in [1.54, 1.807) is 0 Å². The van der Waals surface area contributed by atoms with E-state index >= 15 is 0 Å². The summed E-state index contributed by atoms with van der Waals surface area (Å²) in [5.41, 5.74) is 6.20. The number of nitrogens with two attached hydrogens (primary N) is 1. The zero-order valence-electron chi connectivity index (χ0n) is 10.4. The number of likely N-dealkylation sites (N-methyl/N-ethyl adjacent to an activating group) is 1. The molecule has 0 spiro atoms. The lowest BCUT2D eigenvalue weighted by Gasteiger charge is -2.39. The smallest absolute Gasteiger partial charge is 0.0246 e. The molecule has 0 aliphatic heterocycles. The van der Waals surface area contributed by atoms with E-state index in [0.717, 1.165) is 0 Å². The predicted octanol–water partition coefficient (Wildman–Crippen LogP) is 2.33. The van der Waals surface area contributed by atoms with Crippen LogP contribution in [0.25, 0.3) is 0 Å². The zero-order chi connectivity index (χ0) is 11.3. The fraction of sp³-hybridized carbons (Fsp3) is 1.00. The van der Waals surface area contributed by atoms with Crippen LogP contribution in [0.15, 0.2) is 0 Å². The molecule has 0 aromatic carbocycles. The van der Waals surface area contributed by atoms with Gasteiger partial charge < -0.3 is 5.73 Å². The third-order valence-corrected chi connectivity index (χ3v) is 4.38. The van der Waals surface area contributed by atoms with Gasteiger partial charge >= 0.3 is 0 Å². The van der Waals surface area contributed by atoms with Gasteiger partial charge in [-0.05, 0) is 45.2 Å². The van der Waals surface area contributed by atoms with Crippen molar-refractivity contribution in [1.29, 1.82) is 0 Å². The lowest BCUT2D eigenvalue weighted by molar-refractivity contribution is 0.126. The molecule has 0 heterocycles. The first kappa shape index (κ1) is 13.3. The summed E-state index contributed by atoms with van der Waals surface area (Å²) >= 11 is 1.94.